The van der Waals surface area contributed by atoms with E-state index in [4.69, 9.17) is 5.73 Å². The lowest BCUT2D eigenvalue weighted by Crippen LogP contribution is -2.34. The first-order valence-corrected chi connectivity index (χ1v) is 5.29. The van der Waals surface area contributed by atoms with Crippen molar-refractivity contribution in [3.63, 3.8) is 0 Å². The summed E-state index contributed by atoms with van der Waals surface area (Å²) in [6, 6.07) is 1.76. The van der Waals surface area contributed by atoms with Crippen LogP contribution in [0.5, 0.6) is 0 Å². The molecule has 0 bridgehead atoms. The number of hydrogen-bond donors (Lipinski definition) is 3. The van der Waals surface area contributed by atoms with E-state index in [2.05, 4.69) is 29.4 Å². The molecule has 0 aliphatic rings. The van der Waals surface area contributed by atoms with E-state index in [1.165, 1.54) is 6.07 Å². The van der Waals surface area contributed by atoms with Crippen LogP contribution in [-0.4, -0.2) is 22.1 Å². The van der Waals surface area contributed by atoms with E-state index in [0.717, 1.165) is 19.3 Å². The zero-order chi connectivity index (χ0) is 11.3. The van der Waals surface area contributed by atoms with Gasteiger partial charge in [0.1, 0.15) is 11.5 Å². The number of carbonyl (C=O) groups is 1. The number of aromatic amines is 1. The highest BCUT2D eigenvalue weighted by Crippen LogP contribution is 2.04. The van der Waals surface area contributed by atoms with Crippen molar-refractivity contribution in [3.05, 3.63) is 11.8 Å². The summed E-state index contributed by atoms with van der Waals surface area (Å²) in [4.78, 5) is 11.7. The molecule has 0 aliphatic heterocycles. The van der Waals surface area contributed by atoms with E-state index in [9.17, 15) is 4.79 Å². The smallest absolute Gasteiger partial charge is 0.269 e. The van der Waals surface area contributed by atoms with Gasteiger partial charge in [0, 0.05) is 12.1 Å². The topological polar surface area (TPSA) is 83.8 Å². The lowest BCUT2D eigenvalue weighted by Gasteiger charge is -2.14. The molecular formula is C10H18N4O. The number of aromatic nitrogens is 2. The maximum absolute atomic E-state index is 11.7. The molecule has 1 unspecified atom stereocenters. The van der Waals surface area contributed by atoms with Crippen LogP contribution in [-0.2, 0) is 0 Å². The summed E-state index contributed by atoms with van der Waals surface area (Å²) in [6.07, 6.45) is 2.99. The van der Waals surface area contributed by atoms with E-state index in [-0.39, 0.29) is 11.9 Å². The minimum atomic E-state index is -0.139. The summed E-state index contributed by atoms with van der Waals surface area (Å²) >= 11 is 0. The number of nitrogens with two attached hydrogens (primary N) is 1. The molecule has 0 aromatic carbocycles. The number of anilines is 1. The fraction of sp³-hybridized carbons (Fsp3) is 0.600. The quantitative estimate of drug-likeness (QED) is 0.685. The fourth-order valence-corrected chi connectivity index (χ4v) is 1.44. The number of hydrogen-bond acceptors (Lipinski definition) is 3. The monoisotopic (exact) mass is 210 g/mol. The number of amides is 1. The van der Waals surface area contributed by atoms with E-state index in [1.807, 2.05) is 0 Å². The molecule has 0 saturated heterocycles. The maximum atomic E-state index is 11.7. The summed E-state index contributed by atoms with van der Waals surface area (Å²) in [5.41, 5.74) is 5.83. The van der Waals surface area contributed by atoms with Crippen LogP contribution in [0.3, 0.4) is 0 Å². The van der Waals surface area contributed by atoms with E-state index >= 15 is 0 Å². The fourth-order valence-electron chi connectivity index (χ4n) is 1.44. The Labute approximate surface area is 89.4 Å². The predicted molar refractivity (Wildman–Crippen MR) is 59.5 cm³/mol. The summed E-state index contributed by atoms with van der Waals surface area (Å²) < 4.78 is 0. The van der Waals surface area contributed by atoms with Gasteiger partial charge in [-0.25, -0.2) is 0 Å². The van der Waals surface area contributed by atoms with Crippen molar-refractivity contribution in [2.45, 2.75) is 39.2 Å². The van der Waals surface area contributed by atoms with Gasteiger partial charge in [-0.05, 0) is 12.8 Å². The lowest BCUT2D eigenvalue weighted by molar-refractivity contribution is 0.0928. The SMILES string of the molecule is CCCC(CC)NC(=O)c1cc(N)n[nH]1. The van der Waals surface area contributed by atoms with Crippen molar-refractivity contribution < 1.29 is 4.79 Å². The number of nitrogens with one attached hydrogen (secondary N) is 2. The van der Waals surface area contributed by atoms with Crippen molar-refractivity contribution in [3.8, 4) is 0 Å². The van der Waals surface area contributed by atoms with Gasteiger partial charge in [0.05, 0.1) is 0 Å². The molecule has 84 valence electrons. The van der Waals surface area contributed by atoms with Crippen molar-refractivity contribution >= 4 is 11.7 Å². The molecule has 1 atom stereocenters. The number of nitrogens with zero attached hydrogens (tertiary/aromatic N) is 1. The zero-order valence-corrected chi connectivity index (χ0v) is 9.21. The molecule has 0 spiro atoms. The van der Waals surface area contributed by atoms with Gasteiger partial charge in [0.15, 0.2) is 0 Å². The molecule has 5 nitrogen and oxygen atoms in total. The van der Waals surface area contributed by atoms with Crippen LogP contribution in [0.4, 0.5) is 5.82 Å². The summed E-state index contributed by atoms with van der Waals surface area (Å²) in [6.45, 7) is 4.16. The van der Waals surface area contributed by atoms with E-state index in [0.29, 0.717) is 11.5 Å². The minimum absolute atomic E-state index is 0.139. The normalized spacial score (nSPS) is 12.4. The highest BCUT2D eigenvalue weighted by Gasteiger charge is 2.12. The van der Waals surface area contributed by atoms with Gasteiger partial charge in [-0.1, -0.05) is 20.3 Å². The van der Waals surface area contributed by atoms with Crippen LogP contribution in [0.1, 0.15) is 43.6 Å². The number of rotatable bonds is 5. The van der Waals surface area contributed by atoms with Crippen molar-refractivity contribution in [1.29, 1.82) is 0 Å². The van der Waals surface area contributed by atoms with Crippen molar-refractivity contribution in [1.82, 2.24) is 15.5 Å². The largest absolute Gasteiger partial charge is 0.382 e. The number of H-pyrrole nitrogens is 1. The van der Waals surface area contributed by atoms with Crippen LogP contribution in [0.15, 0.2) is 6.07 Å². The van der Waals surface area contributed by atoms with Gasteiger partial charge in [0.2, 0.25) is 0 Å². The van der Waals surface area contributed by atoms with Crippen LogP contribution in [0, 0.1) is 0 Å². The second-order valence-corrected chi connectivity index (χ2v) is 3.57. The first-order chi connectivity index (χ1) is 7.17. The highest BCUT2D eigenvalue weighted by molar-refractivity contribution is 5.93. The lowest BCUT2D eigenvalue weighted by atomic mass is 10.1. The number of nitrogen functional groups attached to an aromatic ring is 1. The number of carbonyl (C=O) groups excluding carboxylic acids is 1. The maximum Gasteiger partial charge on any atom is 0.269 e. The molecule has 15 heavy (non-hydrogen) atoms. The molecule has 1 amide bonds. The van der Waals surface area contributed by atoms with Gasteiger partial charge in [0.25, 0.3) is 5.91 Å². The summed E-state index contributed by atoms with van der Waals surface area (Å²) in [7, 11) is 0. The van der Waals surface area contributed by atoms with Gasteiger partial charge in [-0.15, -0.1) is 0 Å². The van der Waals surface area contributed by atoms with Crippen LogP contribution >= 0.6 is 0 Å². The van der Waals surface area contributed by atoms with Crippen molar-refractivity contribution in [2.24, 2.45) is 0 Å². The van der Waals surface area contributed by atoms with Gasteiger partial charge in [-0.3, -0.25) is 9.89 Å². The third-order valence-electron chi connectivity index (χ3n) is 2.31. The van der Waals surface area contributed by atoms with E-state index in [1.54, 1.807) is 0 Å². The average Bonchev–Trinajstić information content (AvgIpc) is 2.64. The molecule has 1 aromatic rings. The minimum Gasteiger partial charge on any atom is -0.382 e. The van der Waals surface area contributed by atoms with Crippen LogP contribution in [0.25, 0.3) is 0 Å². The first kappa shape index (κ1) is 11.6. The molecule has 1 heterocycles. The zero-order valence-electron chi connectivity index (χ0n) is 9.21. The Kier molecular flexibility index (Phi) is 4.15. The standard InChI is InChI=1S/C10H18N4O/c1-3-5-7(4-2)12-10(15)8-6-9(11)14-13-8/h6-7H,3-5H2,1-2H3,(H,12,15)(H3,11,13,14). The van der Waals surface area contributed by atoms with Gasteiger partial charge in [-0.2, -0.15) is 5.10 Å². The summed E-state index contributed by atoms with van der Waals surface area (Å²) in [5, 5.41) is 9.23. The Morgan fingerprint density at radius 2 is 2.40 bits per heavy atom. The van der Waals surface area contributed by atoms with Crippen LogP contribution < -0.4 is 11.1 Å². The second-order valence-electron chi connectivity index (χ2n) is 3.57. The van der Waals surface area contributed by atoms with Crippen molar-refractivity contribution in [2.75, 3.05) is 5.73 Å². The van der Waals surface area contributed by atoms with Gasteiger partial charge >= 0.3 is 0 Å². The van der Waals surface area contributed by atoms with Gasteiger partial charge < -0.3 is 11.1 Å². The molecule has 1 aromatic heterocycles. The Morgan fingerprint density at radius 3 is 2.87 bits per heavy atom. The summed E-state index contributed by atoms with van der Waals surface area (Å²) in [5.74, 6) is 0.197. The Hall–Kier alpha value is -1.52. The average molecular weight is 210 g/mol. The molecule has 1 rings (SSSR count). The third-order valence-corrected chi connectivity index (χ3v) is 2.31. The highest BCUT2D eigenvalue weighted by atomic mass is 16.2. The molecule has 0 saturated carbocycles. The third kappa shape index (κ3) is 3.27. The molecule has 0 fully saturated rings. The Morgan fingerprint density at radius 1 is 1.67 bits per heavy atom. The Balaban J connectivity index is 2.54. The second kappa shape index (κ2) is 5.38. The molecular weight excluding hydrogens is 192 g/mol. The predicted octanol–water partition coefficient (Wildman–Crippen LogP) is 1.30. The molecule has 5 heteroatoms. The Bertz CT molecular complexity index is 321. The molecule has 0 radical (unpaired) electrons. The van der Waals surface area contributed by atoms with E-state index < -0.39 is 0 Å². The molecule has 0 aliphatic carbocycles. The first-order valence-electron chi connectivity index (χ1n) is 5.29. The molecule has 4 N–H and O–H groups in total. The van der Waals surface area contributed by atoms with Crippen LogP contribution in [0.2, 0.25) is 0 Å².